The first kappa shape index (κ1) is 10.9. The Balaban J connectivity index is 3.57. The Kier molecular flexibility index (Phi) is 2.96. The monoisotopic (exact) mass is 287 g/mol. The summed E-state index contributed by atoms with van der Waals surface area (Å²) >= 11 is 8.34. The van der Waals surface area contributed by atoms with E-state index in [9.17, 15) is 12.8 Å². The number of primary sulfonamides is 1. The van der Waals surface area contributed by atoms with Gasteiger partial charge in [-0.2, -0.15) is 0 Å². The van der Waals surface area contributed by atoms with Gasteiger partial charge in [0.25, 0.3) is 0 Å². The zero-order valence-electron chi connectivity index (χ0n) is 6.09. The maximum Gasteiger partial charge on any atom is 0.240 e. The van der Waals surface area contributed by atoms with Crippen LogP contribution in [0.25, 0.3) is 0 Å². The Morgan fingerprint density at radius 3 is 2.38 bits per heavy atom. The van der Waals surface area contributed by atoms with E-state index < -0.39 is 15.8 Å². The normalized spacial score (nSPS) is 11.7. The Bertz CT molecular complexity index is 425. The Morgan fingerprint density at radius 1 is 1.46 bits per heavy atom. The molecule has 1 aromatic carbocycles. The van der Waals surface area contributed by atoms with Gasteiger partial charge in [-0.3, -0.25) is 0 Å². The van der Waals surface area contributed by atoms with Gasteiger partial charge in [-0.05, 0) is 28.1 Å². The van der Waals surface area contributed by atoms with Crippen molar-refractivity contribution < 1.29 is 12.8 Å². The fraction of sp³-hybridized carbons (Fsp3) is 0. The van der Waals surface area contributed by atoms with Crippen LogP contribution >= 0.6 is 27.5 Å². The second-order valence-corrected chi connectivity index (χ2v) is 5.00. The molecule has 0 fully saturated rings. The maximum absolute atomic E-state index is 12.6. The number of halogens is 3. The molecule has 13 heavy (non-hydrogen) atoms. The van der Waals surface area contributed by atoms with Crippen LogP contribution in [0.2, 0.25) is 5.02 Å². The molecule has 0 heterocycles. The van der Waals surface area contributed by atoms with E-state index in [1.54, 1.807) is 0 Å². The number of hydrogen-bond acceptors (Lipinski definition) is 2. The van der Waals surface area contributed by atoms with Crippen LogP contribution in [0.4, 0.5) is 4.39 Å². The van der Waals surface area contributed by atoms with E-state index >= 15 is 0 Å². The highest BCUT2D eigenvalue weighted by molar-refractivity contribution is 9.10. The first-order chi connectivity index (χ1) is 5.82. The van der Waals surface area contributed by atoms with Gasteiger partial charge in [-0.25, -0.2) is 17.9 Å². The van der Waals surface area contributed by atoms with Crippen LogP contribution in [0.1, 0.15) is 0 Å². The molecule has 0 aliphatic carbocycles. The highest BCUT2D eigenvalue weighted by Crippen LogP contribution is 2.29. The Labute approximate surface area is 87.9 Å². The van der Waals surface area contributed by atoms with Crippen LogP contribution in [-0.2, 0) is 10.0 Å². The average molecular weight is 289 g/mol. The molecule has 0 spiro atoms. The largest absolute Gasteiger partial charge is 0.240 e. The van der Waals surface area contributed by atoms with E-state index in [2.05, 4.69) is 15.9 Å². The van der Waals surface area contributed by atoms with Gasteiger partial charge in [-0.1, -0.05) is 11.6 Å². The number of rotatable bonds is 1. The van der Waals surface area contributed by atoms with Gasteiger partial charge in [0.05, 0.1) is 5.02 Å². The molecular formula is C6H4BrClFNO2S. The Hall–Kier alpha value is -0.170. The van der Waals surface area contributed by atoms with Gasteiger partial charge in [-0.15, -0.1) is 0 Å². The number of benzene rings is 1. The SMILES string of the molecule is NS(=O)(=O)c1c(Cl)cc(F)cc1Br. The molecule has 0 amide bonds. The smallest absolute Gasteiger partial charge is 0.225 e. The lowest BCUT2D eigenvalue weighted by atomic mass is 10.3. The van der Waals surface area contributed by atoms with Gasteiger partial charge in [0.1, 0.15) is 10.7 Å². The lowest BCUT2D eigenvalue weighted by Gasteiger charge is -2.03. The lowest BCUT2D eigenvalue weighted by molar-refractivity contribution is 0.595. The third-order valence-corrected chi connectivity index (χ3v) is 3.55. The van der Waals surface area contributed by atoms with Gasteiger partial charge in [0, 0.05) is 4.47 Å². The molecule has 0 aromatic heterocycles. The second kappa shape index (κ2) is 3.53. The molecule has 3 nitrogen and oxygen atoms in total. The van der Waals surface area contributed by atoms with Gasteiger partial charge >= 0.3 is 0 Å². The molecule has 1 rings (SSSR count). The van der Waals surface area contributed by atoms with Crippen LogP contribution in [0.5, 0.6) is 0 Å². The molecule has 2 N–H and O–H groups in total. The van der Waals surface area contributed by atoms with Crippen molar-refractivity contribution in [1.29, 1.82) is 0 Å². The predicted molar refractivity (Wildman–Crippen MR) is 50.5 cm³/mol. The standard InChI is InChI=1S/C6H4BrClFNO2S/c7-4-1-3(9)2-5(8)6(4)13(10,11)12/h1-2H,(H2,10,11,12). The molecule has 0 radical (unpaired) electrons. The summed E-state index contributed by atoms with van der Waals surface area (Å²) in [5.74, 6) is -0.635. The molecule has 0 saturated carbocycles. The topological polar surface area (TPSA) is 60.2 Å². The van der Waals surface area contributed by atoms with E-state index in [0.29, 0.717) is 0 Å². The third-order valence-electron chi connectivity index (χ3n) is 1.25. The number of nitrogens with two attached hydrogens (primary N) is 1. The molecule has 0 aliphatic rings. The van der Waals surface area contributed by atoms with Crippen LogP contribution < -0.4 is 5.14 Å². The maximum atomic E-state index is 12.6. The molecule has 72 valence electrons. The van der Waals surface area contributed by atoms with Crippen molar-refractivity contribution in [3.8, 4) is 0 Å². The third kappa shape index (κ3) is 2.40. The summed E-state index contributed by atoms with van der Waals surface area (Å²) in [5, 5.41) is 4.60. The minimum absolute atomic E-state index is 0.0139. The zero-order chi connectivity index (χ0) is 10.2. The summed E-state index contributed by atoms with van der Waals surface area (Å²) in [4.78, 5) is -0.310. The minimum atomic E-state index is -3.93. The predicted octanol–water partition coefficient (Wildman–Crippen LogP) is 1.89. The number of sulfonamides is 1. The van der Waals surface area contributed by atoms with Crippen molar-refractivity contribution in [2.24, 2.45) is 5.14 Å². The van der Waals surface area contributed by atoms with Crippen molar-refractivity contribution >= 4 is 37.6 Å². The molecule has 1 aromatic rings. The summed E-state index contributed by atoms with van der Waals surface area (Å²) in [6.07, 6.45) is 0. The summed E-state index contributed by atoms with van der Waals surface area (Å²) in [6.45, 7) is 0. The first-order valence-corrected chi connectivity index (χ1v) is 5.71. The molecule has 0 atom stereocenters. The first-order valence-electron chi connectivity index (χ1n) is 2.99. The molecular weight excluding hydrogens is 284 g/mol. The quantitative estimate of drug-likeness (QED) is 0.858. The average Bonchev–Trinajstić information content (AvgIpc) is 1.78. The minimum Gasteiger partial charge on any atom is -0.225 e. The van der Waals surface area contributed by atoms with Gasteiger partial charge in [0.15, 0.2) is 0 Å². The highest BCUT2D eigenvalue weighted by atomic mass is 79.9. The van der Waals surface area contributed by atoms with Crippen molar-refractivity contribution in [3.05, 3.63) is 27.4 Å². The van der Waals surface area contributed by atoms with Crippen molar-refractivity contribution in [1.82, 2.24) is 0 Å². The summed E-state index contributed by atoms with van der Waals surface area (Å²) < 4.78 is 34.5. The summed E-state index contributed by atoms with van der Waals surface area (Å²) in [6, 6.07) is 1.86. The van der Waals surface area contributed by atoms with Crippen molar-refractivity contribution in [2.45, 2.75) is 4.90 Å². The fourth-order valence-electron chi connectivity index (χ4n) is 0.801. The molecule has 0 saturated heterocycles. The molecule has 0 bridgehead atoms. The van der Waals surface area contributed by atoms with Crippen molar-refractivity contribution in [3.63, 3.8) is 0 Å². The number of hydrogen-bond donors (Lipinski definition) is 1. The van der Waals surface area contributed by atoms with Crippen molar-refractivity contribution in [2.75, 3.05) is 0 Å². The van der Waals surface area contributed by atoms with E-state index in [-0.39, 0.29) is 14.4 Å². The molecule has 0 unspecified atom stereocenters. The van der Waals surface area contributed by atoms with E-state index in [1.807, 2.05) is 0 Å². The van der Waals surface area contributed by atoms with E-state index in [1.165, 1.54) is 0 Å². The lowest BCUT2D eigenvalue weighted by Crippen LogP contribution is -2.13. The second-order valence-electron chi connectivity index (χ2n) is 2.24. The molecule has 7 heteroatoms. The zero-order valence-corrected chi connectivity index (χ0v) is 9.25. The van der Waals surface area contributed by atoms with Crippen LogP contribution in [0, 0.1) is 5.82 Å². The summed E-state index contributed by atoms with van der Waals surface area (Å²) in [7, 11) is -3.93. The van der Waals surface area contributed by atoms with Crippen LogP contribution in [0.15, 0.2) is 21.5 Å². The molecule has 0 aliphatic heterocycles. The van der Waals surface area contributed by atoms with Gasteiger partial charge in [0.2, 0.25) is 10.0 Å². The fourth-order valence-corrected chi connectivity index (χ4v) is 3.21. The van der Waals surface area contributed by atoms with Crippen LogP contribution in [-0.4, -0.2) is 8.42 Å². The van der Waals surface area contributed by atoms with E-state index in [0.717, 1.165) is 12.1 Å². The summed E-state index contributed by atoms with van der Waals surface area (Å²) in [5.41, 5.74) is 0. The Morgan fingerprint density at radius 2 is 2.00 bits per heavy atom. The van der Waals surface area contributed by atoms with Gasteiger partial charge < -0.3 is 0 Å². The highest BCUT2D eigenvalue weighted by Gasteiger charge is 2.17. The van der Waals surface area contributed by atoms with E-state index in [4.69, 9.17) is 16.7 Å². The van der Waals surface area contributed by atoms with Crippen LogP contribution in [0.3, 0.4) is 0 Å².